The van der Waals surface area contributed by atoms with Crippen LogP contribution >= 0.6 is 11.6 Å². The van der Waals surface area contributed by atoms with Crippen LogP contribution in [0.25, 0.3) is 11.0 Å². The smallest absolute Gasteiger partial charge is 0.410 e. The van der Waals surface area contributed by atoms with E-state index >= 15 is 0 Å². The Labute approximate surface area is 270 Å². The molecule has 2 aliphatic heterocycles. The van der Waals surface area contributed by atoms with E-state index in [0.29, 0.717) is 54.3 Å². The van der Waals surface area contributed by atoms with E-state index in [-0.39, 0.29) is 32.1 Å². The number of unbranched alkanes of at least 4 members (excludes halogenated alkanes) is 1. The van der Waals surface area contributed by atoms with E-state index in [1.54, 1.807) is 29.4 Å². The van der Waals surface area contributed by atoms with Crippen LogP contribution in [-0.2, 0) is 42.9 Å². The number of fused-ring (bicyclic) bond motifs is 3. The first-order valence-corrected chi connectivity index (χ1v) is 17.1. The van der Waals surface area contributed by atoms with E-state index < -0.39 is 52.5 Å². The number of amides is 2. The minimum Gasteiger partial charge on any atom is -0.481 e. The zero-order valence-electron chi connectivity index (χ0n) is 25.3. The molecule has 1 saturated heterocycles. The van der Waals surface area contributed by atoms with Crippen molar-refractivity contribution in [3.8, 4) is 0 Å². The molecule has 5 rings (SSSR count). The molecule has 0 saturated carbocycles. The molecule has 46 heavy (non-hydrogen) atoms. The van der Waals surface area contributed by atoms with Gasteiger partial charge in [0.25, 0.3) is 0 Å². The first-order valence-electron chi connectivity index (χ1n) is 15.1. The molecule has 16 heteroatoms. The number of hydrogen-bond acceptors (Lipinski definition) is 8. The lowest BCUT2D eigenvalue weighted by Gasteiger charge is -2.38. The molecule has 2 N–H and O–H groups in total. The van der Waals surface area contributed by atoms with Gasteiger partial charge in [0.15, 0.2) is 0 Å². The fraction of sp³-hybridized carbons (Fsp3) is 0.500. The maximum absolute atomic E-state index is 14.3. The van der Waals surface area contributed by atoms with Gasteiger partial charge in [-0.15, -0.1) is 0 Å². The summed E-state index contributed by atoms with van der Waals surface area (Å²) in [5.74, 6) is -1.28. The Kier molecular flexibility index (Phi) is 10.1. The number of rotatable bonds is 13. The van der Waals surface area contributed by atoms with Crippen LogP contribution in [0.15, 0.2) is 36.7 Å². The zero-order chi connectivity index (χ0) is 33.1. The van der Waals surface area contributed by atoms with E-state index in [4.69, 9.17) is 26.4 Å². The van der Waals surface area contributed by atoms with Gasteiger partial charge in [0.05, 0.1) is 53.7 Å². The van der Waals surface area contributed by atoms with E-state index in [0.717, 1.165) is 11.1 Å². The highest BCUT2D eigenvalue weighted by Gasteiger charge is 2.53. The predicted molar refractivity (Wildman–Crippen MR) is 168 cm³/mol. The number of imidazole rings is 1. The number of aliphatic carboxylic acids is 1. The van der Waals surface area contributed by atoms with Crippen molar-refractivity contribution in [1.82, 2.24) is 24.2 Å². The second kappa shape index (κ2) is 13.9. The number of halogens is 2. The molecule has 248 valence electrons. The molecule has 1 aromatic carbocycles. The number of sulfonamides is 1. The minimum atomic E-state index is -3.84. The molecule has 1 atom stereocenters. The largest absolute Gasteiger partial charge is 0.481 e. The van der Waals surface area contributed by atoms with E-state index in [1.807, 2.05) is 16.7 Å². The van der Waals surface area contributed by atoms with Crippen LogP contribution in [0.5, 0.6) is 0 Å². The number of benzene rings is 1. The van der Waals surface area contributed by atoms with Crippen LogP contribution in [0.4, 0.5) is 14.9 Å². The highest BCUT2D eigenvalue weighted by molar-refractivity contribution is 7.89. The molecule has 0 radical (unpaired) electrons. The highest BCUT2D eigenvalue weighted by atomic mass is 35.5. The summed E-state index contributed by atoms with van der Waals surface area (Å²) in [5, 5.41) is 9.25. The van der Waals surface area contributed by atoms with Crippen molar-refractivity contribution in [3.63, 3.8) is 0 Å². The number of pyridine rings is 1. The van der Waals surface area contributed by atoms with Crippen molar-refractivity contribution < 1.29 is 37.0 Å². The normalized spacial score (nSPS) is 16.6. The van der Waals surface area contributed by atoms with Crippen LogP contribution in [0.1, 0.15) is 50.4 Å². The van der Waals surface area contributed by atoms with Gasteiger partial charge in [-0.3, -0.25) is 19.0 Å². The van der Waals surface area contributed by atoms with Gasteiger partial charge < -0.3 is 24.2 Å². The second-order valence-electron chi connectivity index (χ2n) is 11.6. The van der Waals surface area contributed by atoms with Crippen molar-refractivity contribution in [2.75, 3.05) is 37.0 Å². The monoisotopic (exact) mass is 678 g/mol. The number of carboxylic acid groups (broad SMARTS) is 1. The summed E-state index contributed by atoms with van der Waals surface area (Å²) >= 11 is 6.23. The first-order chi connectivity index (χ1) is 21.9. The molecule has 0 unspecified atom stereocenters. The third kappa shape index (κ3) is 7.10. The second-order valence-corrected chi connectivity index (χ2v) is 13.9. The van der Waals surface area contributed by atoms with Gasteiger partial charge in [-0.25, -0.2) is 22.9 Å². The SMILES string of the molecule is C[C@H](CNS(=O)(=O)CCC(=O)O)OC(=O)N1CCC2(CC1)C(=O)N(Cc1nc3cc(Cl)ccc3n1CCCCF)c1cnccc12. The van der Waals surface area contributed by atoms with E-state index in [2.05, 4.69) is 9.71 Å². The van der Waals surface area contributed by atoms with Crippen molar-refractivity contribution in [2.45, 2.75) is 63.6 Å². The first kappa shape index (κ1) is 33.5. The summed E-state index contributed by atoms with van der Waals surface area (Å²) < 4.78 is 46.6. The Morgan fingerprint density at radius 2 is 1.98 bits per heavy atom. The summed E-state index contributed by atoms with van der Waals surface area (Å²) in [6.07, 6.45) is 3.02. The molecule has 3 aromatic rings. The zero-order valence-corrected chi connectivity index (χ0v) is 26.9. The van der Waals surface area contributed by atoms with Crippen LogP contribution < -0.4 is 9.62 Å². The van der Waals surface area contributed by atoms with Crippen molar-refractivity contribution in [3.05, 3.63) is 53.1 Å². The number of carbonyl (C=O) groups is 3. The fourth-order valence-corrected chi connectivity index (χ4v) is 7.30. The highest BCUT2D eigenvalue weighted by Crippen LogP contribution is 2.48. The van der Waals surface area contributed by atoms with E-state index in [9.17, 15) is 27.2 Å². The summed E-state index contributed by atoms with van der Waals surface area (Å²) in [7, 11) is -3.84. The maximum Gasteiger partial charge on any atom is 0.410 e. The summed E-state index contributed by atoms with van der Waals surface area (Å²) in [6.45, 7) is 2.08. The van der Waals surface area contributed by atoms with Gasteiger partial charge in [0.2, 0.25) is 15.9 Å². The Hall–Kier alpha value is -3.82. The molecule has 4 heterocycles. The third-order valence-corrected chi connectivity index (χ3v) is 10.1. The summed E-state index contributed by atoms with van der Waals surface area (Å²) in [6, 6.07) is 7.25. The van der Waals surface area contributed by atoms with Crippen molar-refractivity contribution in [2.24, 2.45) is 0 Å². The molecule has 1 spiro atoms. The Morgan fingerprint density at radius 1 is 1.22 bits per heavy atom. The Morgan fingerprint density at radius 3 is 2.70 bits per heavy atom. The molecule has 2 amide bonds. The molecule has 2 aliphatic rings. The van der Waals surface area contributed by atoms with Crippen LogP contribution in [-0.4, -0.2) is 89.1 Å². The maximum atomic E-state index is 14.3. The van der Waals surface area contributed by atoms with Crippen LogP contribution in [0.3, 0.4) is 0 Å². The van der Waals surface area contributed by atoms with E-state index in [1.165, 1.54) is 11.8 Å². The quantitative estimate of drug-likeness (QED) is 0.257. The molecule has 0 bridgehead atoms. The average Bonchev–Trinajstić information content (AvgIpc) is 3.47. The van der Waals surface area contributed by atoms with Gasteiger partial charge in [0.1, 0.15) is 11.9 Å². The molecule has 1 fully saturated rings. The van der Waals surface area contributed by atoms with Crippen molar-refractivity contribution in [1.29, 1.82) is 0 Å². The van der Waals surface area contributed by atoms with Gasteiger partial charge in [-0.05, 0) is 62.4 Å². The van der Waals surface area contributed by atoms with Crippen LogP contribution in [0, 0.1) is 0 Å². The Balaban J connectivity index is 1.28. The van der Waals surface area contributed by atoms with Gasteiger partial charge in [-0.1, -0.05) is 11.6 Å². The number of ether oxygens (including phenoxy) is 1. The van der Waals surface area contributed by atoms with Crippen molar-refractivity contribution >= 4 is 56.3 Å². The summed E-state index contributed by atoms with van der Waals surface area (Å²) in [4.78, 5) is 50.1. The molecule has 13 nitrogen and oxygen atoms in total. The number of carbonyl (C=O) groups excluding carboxylic acids is 2. The lowest BCUT2D eigenvalue weighted by Crippen LogP contribution is -2.50. The molecule has 2 aromatic heterocycles. The lowest BCUT2D eigenvalue weighted by molar-refractivity contribution is -0.136. The predicted octanol–water partition coefficient (Wildman–Crippen LogP) is 3.63. The molecular weight excluding hydrogens is 643 g/mol. The number of carboxylic acids is 1. The fourth-order valence-electron chi connectivity index (χ4n) is 6.06. The summed E-state index contributed by atoms with van der Waals surface area (Å²) in [5.41, 5.74) is 2.15. The van der Waals surface area contributed by atoms with Gasteiger partial charge >= 0.3 is 12.1 Å². The number of likely N-dealkylation sites (tertiary alicyclic amines) is 1. The standard InChI is InChI=1S/C30H36ClFN6O7S/c1-20(17-34-46(43,44)15-7-27(39)40)45-29(42)36-13-8-30(9-14-36)22-6-11-33-18-25(22)38(28(30)41)19-26-35-23-16-21(31)4-5-24(23)37(26)12-3-2-10-32/h4-6,11,16,18,20,34H,2-3,7-10,12-15,17,19H2,1H3,(H,39,40)/t20-/m1/s1. The molecule has 0 aliphatic carbocycles. The number of anilines is 1. The number of piperidine rings is 1. The number of aryl methyl sites for hydroxylation is 1. The third-order valence-electron chi connectivity index (χ3n) is 8.47. The minimum absolute atomic E-state index is 0.118. The average molecular weight is 679 g/mol. The topological polar surface area (TPSA) is 164 Å². The lowest BCUT2D eigenvalue weighted by atomic mass is 9.74. The number of nitrogens with zero attached hydrogens (tertiary/aromatic N) is 5. The van der Waals surface area contributed by atoms with Crippen LogP contribution in [0.2, 0.25) is 5.02 Å². The Bertz CT molecular complexity index is 1730. The van der Waals surface area contributed by atoms with Gasteiger partial charge in [0, 0.05) is 37.4 Å². The van der Waals surface area contributed by atoms with Gasteiger partial charge in [-0.2, -0.15) is 0 Å². The number of aromatic nitrogens is 3. The number of nitrogens with one attached hydrogen (secondary N) is 1. The number of alkyl halides is 1. The number of hydrogen-bond donors (Lipinski definition) is 2. The molecular formula is C30H36ClFN6O7S.